The summed E-state index contributed by atoms with van der Waals surface area (Å²) in [4.78, 5) is 21.8. The number of urea groups is 1. The Morgan fingerprint density at radius 1 is 1.11 bits per heavy atom. The van der Waals surface area contributed by atoms with Crippen LogP contribution < -0.4 is 10.2 Å². The summed E-state index contributed by atoms with van der Waals surface area (Å²) in [5, 5.41) is 3.09. The predicted molar refractivity (Wildman–Crippen MR) is 111 cm³/mol. The normalized spacial score (nSPS) is 20.2. The Morgan fingerprint density at radius 2 is 1.93 bits per heavy atom. The number of nitrogens with zero attached hydrogens (tertiary/aromatic N) is 4. The van der Waals surface area contributed by atoms with Crippen molar-refractivity contribution in [2.45, 2.75) is 51.1 Å². The zero-order valence-electron chi connectivity index (χ0n) is 16.8. The van der Waals surface area contributed by atoms with E-state index < -0.39 is 0 Å². The van der Waals surface area contributed by atoms with E-state index in [1.54, 1.807) is 0 Å². The SMILES string of the molecule is Cn1cccc1C1CCCN1C(=O)NCc1ccc(N2CCCCCC2)nc1. The number of carbonyl (C=O) groups excluding carboxylic acids is 1. The molecule has 2 aliphatic rings. The third-order valence-corrected chi connectivity index (χ3v) is 6.02. The van der Waals surface area contributed by atoms with Crippen molar-refractivity contribution < 1.29 is 4.79 Å². The minimum absolute atomic E-state index is 0.0142. The molecule has 1 N–H and O–H groups in total. The zero-order valence-corrected chi connectivity index (χ0v) is 16.8. The number of likely N-dealkylation sites (tertiary alicyclic amines) is 1. The molecular weight excluding hydrogens is 350 g/mol. The first-order valence-electron chi connectivity index (χ1n) is 10.6. The molecule has 2 fully saturated rings. The van der Waals surface area contributed by atoms with Crippen LogP contribution in [0.5, 0.6) is 0 Å². The molecule has 4 rings (SSSR count). The molecule has 2 aromatic heterocycles. The maximum Gasteiger partial charge on any atom is 0.318 e. The Labute approximate surface area is 167 Å². The molecule has 1 atom stereocenters. The highest BCUT2D eigenvalue weighted by atomic mass is 16.2. The number of amides is 2. The number of aryl methyl sites for hydroxylation is 1. The molecule has 6 heteroatoms. The molecular formula is C22H31N5O. The van der Waals surface area contributed by atoms with Crippen molar-refractivity contribution in [3.8, 4) is 0 Å². The van der Waals surface area contributed by atoms with Gasteiger partial charge in [0.2, 0.25) is 0 Å². The first-order valence-corrected chi connectivity index (χ1v) is 10.6. The Balaban J connectivity index is 1.33. The van der Waals surface area contributed by atoms with Gasteiger partial charge in [0.25, 0.3) is 0 Å². The Hall–Kier alpha value is -2.50. The molecule has 6 nitrogen and oxygen atoms in total. The molecule has 2 amide bonds. The Kier molecular flexibility index (Phi) is 5.84. The minimum atomic E-state index is 0.0142. The summed E-state index contributed by atoms with van der Waals surface area (Å²) in [6, 6.07) is 8.52. The predicted octanol–water partition coefficient (Wildman–Crippen LogP) is 3.85. The fraction of sp³-hybridized carbons (Fsp3) is 0.545. The standard InChI is InChI=1S/C22H31N5O/c1-25-12-6-8-19(25)20-9-7-15-27(20)22(28)24-17-18-10-11-21(23-16-18)26-13-4-2-3-5-14-26/h6,8,10-12,16,20H,2-5,7,9,13-15,17H2,1H3,(H,24,28). The lowest BCUT2D eigenvalue weighted by Crippen LogP contribution is -2.39. The van der Waals surface area contributed by atoms with Crippen LogP contribution in [0, 0.1) is 0 Å². The molecule has 0 aliphatic carbocycles. The fourth-order valence-corrected chi connectivity index (χ4v) is 4.43. The molecule has 2 saturated heterocycles. The molecule has 0 saturated carbocycles. The summed E-state index contributed by atoms with van der Waals surface area (Å²) in [6.45, 7) is 3.52. The first-order chi connectivity index (χ1) is 13.7. The van der Waals surface area contributed by atoms with Gasteiger partial charge in [-0.1, -0.05) is 18.9 Å². The van der Waals surface area contributed by atoms with Crippen LogP contribution in [0.1, 0.15) is 55.8 Å². The van der Waals surface area contributed by atoms with Crippen molar-refractivity contribution in [2.75, 3.05) is 24.5 Å². The molecule has 1 unspecified atom stereocenters. The van der Waals surface area contributed by atoms with E-state index in [1.165, 1.54) is 31.4 Å². The summed E-state index contributed by atoms with van der Waals surface area (Å²) in [5.41, 5.74) is 2.25. The van der Waals surface area contributed by atoms with E-state index in [0.717, 1.165) is 43.9 Å². The van der Waals surface area contributed by atoms with Crippen molar-refractivity contribution in [1.82, 2.24) is 19.8 Å². The second kappa shape index (κ2) is 8.67. The molecule has 2 aliphatic heterocycles. The zero-order chi connectivity index (χ0) is 19.3. The third kappa shape index (κ3) is 4.16. The van der Waals surface area contributed by atoms with Crippen molar-refractivity contribution >= 4 is 11.8 Å². The average Bonchev–Trinajstić information content (AvgIpc) is 3.27. The van der Waals surface area contributed by atoms with E-state index >= 15 is 0 Å². The number of hydrogen-bond acceptors (Lipinski definition) is 3. The highest BCUT2D eigenvalue weighted by molar-refractivity contribution is 5.75. The first kappa shape index (κ1) is 18.8. The van der Waals surface area contributed by atoms with E-state index in [9.17, 15) is 4.79 Å². The van der Waals surface area contributed by atoms with Crippen molar-refractivity contribution in [3.05, 3.63) is 47.9 Å². The van der Waals surface area contributed by atoms with Gasteiger partial charge in [-0.2, -0.15) is 0 Å². The highest BCUT2D eigenvalue weighted by Gasteiger charge is 2.31. The monoisotopic (exact) mass is 381 g/mol. The van der Waals surface area contributed by atoms with Crippen LogP contribution in [-0.4, -0.2) is 40.1 Å². The second-order valence-corrected chi connectivity index (χ2v) is 7.98. The lowest BCUT2D eigenvalue weighted by atomic mass is 10.1. The number of pyridine rings is 1. The highest BCUT2D eigenvalue weighted by Crippen LogP contribution is 2.31. The van der Waals surface area contributed by atoms with Gasteiger partial charge in [-0.15, -0.1) is 0 Å². The van der Waals surface area contributed by atoms with Crippen LogP contribution >= 0.6 is 0 Å². The van der Waals surface area contributed by atoms with E-state index in [1.807, 2.05) is 30.4 Å². The largest absolute Gasteiger partial charge is 0.357 e. The van der Waals surface area contributed by atoms with Gasteiger partial charge in [0, 0.05) is 51.3 Å². The maximum absolute atomic E-state index is 12.8. The van der Waals surface area contributed by atoms with Gasteiger partial charge < -0.3 is 19.7 Å². The van der Waals surface area contributed by atoms with Gasteiger partial charge in [-0.3, -0.25) is 0 Å². The Morgan fingerprint density at radius 3 is 2.61 bits per heavy atom. The van der Waals surface area contributed by atoms with Gasteiger partial charge >= 0.3 is 6.03 Å². The van der Waals surface area contributed by atoms with Gasteiger partial charge in [-0.25, -0.2) is 9.78 Å². The minimum Gasteiger partial charge on any atom is -0.357 e. The van der Waals surface area contributed by atoms with E-state index in [4.69, 9.17) is 0 Å². The van der Waals surface area contributed by atoms with Crippen LogP contribution in [0.4, 0.5) is 10.6 Å². The maximum atomic E-state index is 12.8. The number of aromatic nitrogens is 2. The van der Waals surface area contributed by atoms with Crippen LogP contribution in [0.3, 0.4) is 0 Å². The molecule has 0 bridgehead atoms. The van der Waals surface area contributed by atoms with E-state index in [-0.39, 0.29) is 12.1 Å². The molecule has 2 aromatic rings. The summed E-state index contributed by atoms with van der Waals surface area (Å²) in [7, 11) is 2.04. The molecule has 0 aromatic carbocycles. The van der Waals surface area contributed by atoms with Crippen LogP contribution in [-0.2, 0) is 13.6 Å². The molecule has 0 spiro atoms. The second-order valence-electron chi connectivity index (χ2n) is 7.98. The van der Waals surface area contributed by atoms with Crippen LogP contribution in [0.2, 0.25) is 0 Å². The molecule has 150 valence electrons. The summed E-state index contributed by atoms with van der Waals surface area (Å²) in [6.07, 6.45) is 11.2. The van der Waals surface area contributed by atoms with Crippen molar-refractivity contribution in [2.24, 2.45) is 7.05 Å². The fourth-order valence-electron chi connectivity index (χ4n) is 4.43. The number of carbonyl (C=O) groups is 1. The van der Waals surface area contributed by atoms with Crippen LogP contribution in [0.25, 0.3) is 0 Å². The number of nitrogens with one attached hydrogen (secondary N) is 1. The Bertz CT molecular complexity index is 776. The van der Waals surface area contributed by atoms with Gasteiger partial charge in [-0.05, 0) is 49.4 Å². The van der Waals surface area contributed by atoms with E-state index in [0.29, 0.717) is 6.54 Å². The quantitative estimate of drug-likeness (QED) is 0.875. The van der Waals surface area contributed by atoms with Gasteiger partial charge in [0.05, 0.1) is 6.04 Å². The summed E-state index contributed by atoms with van der Waals surface area (Å²) >= 11 is 0. The number of anilines is 1. The number of rotatable bonds is 4. The summed E-state index contributed by atoms with van der Waals surface area (Å²) in [5.74, 6) is 1.06. The lowest BCUT2D eigenvalue weighted by molar-refractivity contribution is 0.191. The topological polar surface area (TPSA) is 53.4 Å². The number of hydrogen-bond donors (Lipinski definition) is 1. The van der Waals surface area contributed by atoms with Gasteiger partial charge in [0.1, 0.15) is 5.82 Å². The molecule has 4 heterocycles. The summed E-state index contributed by atoms with van der Waals surface area (Å²) < 4.78 is 2.11. The van der Waals surface area contributed by atoms with E-state index in [2.05, 4.69) is 38.0 Å². The van der Waals surface area contributed by atoms with Gasteiger partial charge in [0.15, 0.2) is 0 Å². The average molecular weight is 382 g/mol. The molecule has 0 radical (unpaired) electrons. The van der Waals surface area contributed by atoms with Crippen LogP contribution in [0.15, 0.2) is 36.7 Å². The van der Waals surface area contributed by atoms with Crippen molar-refractivity contribution in [1.29, 1.82) is 0 Å². The molecule has 28 heavy (non-hydrogen) atoms. The van der Waals surface area contributed by atoms with Crippen molar-refractivity contribution in [3.63, 3.8) is 0 Å². The smallest absolute Gasteiger partial charge is 0.318 e. The third-order valence-electron chi connectivity index (χ3n) is 6.02. The lowest BCUT2D eigenvalue weighted by Gasteiger charge is -2.25.